The molecule has 136 valence electrons. The summed E-state index contributed by atoms with van der Waals surface area (Å²) in [5.74, 6) is -0.468. The van der Waals surface area contributed by atoms with E-state index in [1.54, 1.807) is 0 Å². The summed E-state index contributed by atoms with van der Waals surface area (Å²) in [6, 6.07) is 15.6. The molecule has 0 aliphatic heterocycles. The largest absolute Gasteiger partial charge is 0.467 e. The molecule has 1 N–H and O–H groups in total. The first-order chi connectivity index (χ1) is 12.7. The van der Waals surface area contributed by atoms with E-state index in [0.717, 1.165) is 15.6 Å². The molecular formula is C20H20INO4. The van der Waals surface area contributed by atoms with E-state index in [2.05, 4.69) is 52.2 Å². The van der Waals surface area contributed by atoms with Crippen molar-refractivity contribution in [2.45, 2.75) is 18.4 Å². The summed E-state index contributed by atoms with van der Waals surface area (Å²) in [7, 11) is 1.31. The fourth-order valence-corrected chi connectivity index (χ4v) is 3.91. The Morgan fingerprint density at radius 2 is 1.65 bits per heavy atom. The predicted molar refractivity (Wildman–Crippen MR) is 108 cm³/mol. The third kappa shape index (κ3) is 3.85. The minimum atomic E-state index is -0.687. The van der Waals surface area contributed by atoms with Crippen LogP contribution < -0.4 is 5.32 Å². The van der Waals surface area contributed by atoms with Crippen LogP contribution in [-0.4, -0.2) is 36.2 Å². The number of ether oxygens (including phenoxy) is 2. The van der Waals surface area contributed by atoms with Crippen LogP contribution in [0.3, 0.4) is 0 Å². The van der Waals surface area contributed by atoms with Crippen molar-refractivity contribution in [2.24, 2.45) is 0 Å². The van der Waals surface area contributed by atoms with Crippen molar-refractivity contribution >= 4 is 34.7 Å². The Bertz CT molecular complexity index is 762. The number of benzene rings is 2. The van der Waals surface area contributed by atoms with Gasteiger partial charge in [0.05, 0.1) is 7.11 Å². The normalized spacial score (nSPS) is 13.5. The number of carbonyl (C=O) groups excluding carboxylic acids is 2. The zero-order valence-corrected chi connectivity index (χ0v) is 16.6. The fraction of sp³-hybridized carbons (Fsp3) is 0.300. The van der Waals surface area contributed by atoms with Gasteiger partial charge in [0.1, 0.15) is 12.6 Å². The number of hydrogen-bond donors (Lipinski definition) is 1. The molecule has 0 bridgehead atoms. The first-order valence-corrected chi connectivity index (χ1v) is 9.93. The van der Waals surface area contributed by atoms with E-state index in [0.29, 0.717) is 6.42 Å². The highest BCUT2D eigenvalue weighted by molar-refractivity contribution is 14.1. The number of esters is 1. The minimum Gasteiger partial charge on any atom is -0.467 e. The molecule has 0 aromatic heterocycles. The topological polar surface area (TPSA) is 64.6 Å². The van der Waals surface area contributed by atoms with Crippen LogP contribution in [0, 0.1) is 0 Å². The molecule has 5 nitrogen and oxygen atoms in total. The molecule has 1 aliphatic carbocycles. The van der Waals surface area contributed by atoms with E-state index in [1.807, 2.05) is 24.3 Å². The van der Waals surface area contributed by atoms with Crippen LogP contribution in [0.25, 0.3) is 11.1 Å². The Morgan fingerprint density at radius 1 is 1.08 bits per heavy atom. The predicted octanol–water partition coefficient (Wildman–Crippen LogP) is 3.89. The van der Waals surface area contributed by atoms with Gasteiger partial charge >= 0.3 is 12.1 Å². The fourth-order valence-electron chi connectivity index (χ4n) is 3.28. The second kappa shape index (κ2) is 8.53. The van der Waals surface area contributed by atoms with Crippen LogP contribution in [0.4, 0.5) is 4.79 Å². The molecule has 0 saturated carbocycles. The molecule has 1 atom stereocenters. The molecular weight excluding hydrogens is 445 g/mol. The standard InChI is InChI=1S/C20H20INO4/c1-25-19(23)18(10-11-21)22-20(24)26-12-17-15-8-4-2-6-13(15)14-7-3-5-9-16(14)17/h2-9,17-18H,10-12H2,1H3,(H,22,24)/t18-/m1/s1. The van der Waals surface area contributed by atoms with Gasteiger partial charge in [-0.2, -0.15) is 0 Å². The molecule has 1 aliphatic rings. The molecule has 6 heteroatoms. The molecule has 0 radical (unpaired) electrons. The third-order valence-electron chi connectivity index (χ3n) is 4.52. The first kappa shape index (κ1) is 18.7. The van der Waals surface area contributed by atoms with Gasteiger partial charge < -0.3 is 14.8 Å². The molecule has 3 rings (SSSR count). The average Bonchev–Trinajstić information content (AvgIpc) is 2.99. The van der Waals surface area contributed by atoms with Crippen molar-refractivity contribution in [1.82, 2.24) is 5.32 Å². The summed E-state index contributed by atoms with van der Waals surface area (Å²) in [6.07, 6.45) is -0.107. The van der Waals surface area contributed by atoms with Crippen LogP contribution in [-0.2, 0) is 14.3 Å². The summed E-state index contributed by atoms with van der Waals surface area (Å²) in [5, 5.41) is 2.60. The molecule has 0 heterocycles. The van der Waals surface area contributed by atoms with Crippen molar-refractivity contribution in [1.29, 1.82) is 0 Å². The van der Waals surface area contributed by atoms with Gasteiger partial charge in [-0.05, 0) is 28.7 Å². The maximum atomic E-state index is 12.2. The van der Waals surface area contributed by atoms with E-state index in [9.17, 15) is 9.59 Å². The molecule has 26 heavy (non-hydrogen) atoms. The molecule has 0 unspecified atom stereocenters. The molecule has 2 aromatic carbocycles. The highest BCUT2D eigenvalue weighted by atomic mass is 127. The molecule has 1 amide bonds. The number of rotatable bonds is 6. The first-order valence-electron chi connectivity index (χ1n) is 8.41. The number of nitrogens with one attached hydrogen (secondary N) is 1. The quantitative estimate of drug-likeness (QED) is 0.400. The number of amides is 1. The van der Waals surface area contributed by atoms with Gasteiger partial charge in [0.2, 0.25) is 0 Å². The highest BCUT2D eigenvalue weighted by Crippen LogP contribution is 2.44. The minimum absolute atomic E-state index is 0.00528. The van der Waals surface area contributed by atoms with E-state index in [4.69, 9.17) is 9.47 Å². The number of methoxy groups -OCH3 is 1. The molecule has 2 aromatic rings. The summed E-state index contributed by atoms with van der Waals surface area (Å²) < 4.78 is 10.9. The maximum absolute atomic E-state index is 12.2. The number of alkyl carbamates (subject to hydrolysis) is 1. The zero-order chi connectivity index (χ0) is 18.5. The Hall–Kier alpha value is -2.09. The van der Waals surface area contributed by atoms with Crippen LogP contribution in [0.5, 0.6) is 0 Å². The maximum Gasteiger partial charge on any atom is 0.407 e. The van der Waals surface area contributed by atoms with Crippen LogP contribution in [0.1, 0.15) is 23.5 Å². The van der Waals surface area contributed by atoms with Gasteiger partial charge in [0.25, 0.3) is 0 Å². The van der Waals surface area contributed by atoms with E-state index in [-0.39, 0.29) is 12.5 Å². The lowest BCUT2D eigenvalue weighted by atomic mass is 9.98. The van der Waals surface area contributed by atoms with Crippen molar-refractivity contribution in [2.75, 3.05) is 18.1 Å². The third-order valence-corrected chi connectivity index (χ3v) is 5.14. The average molecular weight is 465 g/mol. The van der Waals surface area contributed by atoms with E-state index >= 15 is 0 Å². The molecule has 0 fully saturated rings. The monoisotopic (exact) mass is 465 g/mol. The lowest BCUT2D eigenvalue weighted by Gasteiger charge is -2.18. The van der Waals surface area contributed by atoms with Gasteiger partial charge in [0.15, 0.2) is 0 Å². The Kier molecular flexibility index (Phi) is 6.13. The van der Waals surface area contributed by atoms with Gasteiger partial charge in [-0.3, -0.25) is 0 Å². The van der Waals surface area contributed by atoms with Crippen molar-refractivity contribution in [3.63, 3.8) is 0 Å². The van der Waals surface area contributed by atoms with Crippen LogP contribution >= 0.6 is 22.6 Å². The van der Waals surface area contributed by atoms with Gasteiger partial charge in [-0.1, -0.05) is 71.1 Å². The van der Waals surface area contributed by atoms with Gasteiger partial charge in [-0.15, -0.1) is 0 Å². The van der Waals surface area contributed by atoms with E-state index in [1.165, 1.54) is 18.2 Å². The van der Waals surface area contributed by atoms with Crippen molar-refractivity contribution in [3.05, 3.63) is 59.7 Å². The van der Waals surface area contributed by atoms with Crippen LogP contribution in [0.2, 0.25) is 0 Å². The summed E-state index contributed by atoms with van der Waals surface area (Å²) in [4.78, 5) is 23.9. The number of carbonyl (C=O) groups is 2. The Labute approximate surface area is 166 Å². The SMILES string of the molecule is COC(=O)[C@@H](CCI)NC(=O)OCC1c2ccccc2-c2ccccc21. The van der Waals surface area contributed by atoms with Crippen molar-refractivity contribution in [3.8, 4) is 11.1 Å². The smallest absolute Gasteiger partial charge is 0.407 e. The van der Waals surface area contributed by atoms with Crippen molar-refractivity contribution < 1.29 is 19.1 Å². The lowest BCUT2D eigenvalue weighted by Crippen LogP contribution is -2.42. The molecule has 0 saturated heterocycles. The lowest BCUT2D eigenvalue weighted by molar-refractivity contribution is -0.143. The Morgan fingerprint density at radius 3 is 2.19 bits per heavy atom. The highest BCUT2D eigenvalue weighted by Gasteiger charge is 2.29. The van der Waals surface area contributed by atoms with Crippen LogP contribution in [0.15, 0.2) is 48.5 Å². The summed E-state index contributed by atoms with van der Waals surface area (Å²) in [5.41, 5.74) is 4.65. The van der Waals surface area contributed by atoms with Gasteiger partial charge in [0, 0.05) is 10.3 Å². The zero-order valence-electron chi connectivity index (χ0n) is 14.4. The number of alkyl halides is 1. The van der Waals surface area contributed by atoms with Gasteiger partial charge in [-0.25, -0.2) is 9.59 Å². The number of hydrogen-bond acceptors (Lipinski definition) is 4. The molecule has 0 spiro atoms. The second-order valence-electron chi connectivity index (χ2n) is 6.02. The Balaban J connectivity index is 1.70. The summed E-state index contributed by atoms with van der Waals surface area (Å²) >= 11 is 2.15. The summed E-state index contributed by atoms with van der Waals surface area (Å²) in [6.45, 7) is 0.220. The second-order valence-corrected chi connectivity index (χ2v) is 7.10. The number of halogens is 1. The van der Waals surface area contributed by atoms with E-state index < -0.39 is 18.1 Å². The number of fused-ring (bicyclic) bond motifs is 3.